The fraction of sp³-hybridized carbons (Fsp3) is 0.240. The number of ether oxygens (including phenoxy) is 1. The number of ketones is 1. The molecular formula is C25H24N4O2S. The predicted octanol–water partition coefficient (Wildman–Crippen LogP) is 4.51. The Morgan fingerprint density at radius 1 is 1.16 bits per heavy atom. The SMILES string of the molecule is Cc1ccc(C(=O)Cc2cccc(N3CCOCC3)c2)cc1-c1cnc2sc(N)nc2c1. The second-order valence-corrected chi connectivity index (χ2v) is 9.01. The number of rotatable bonds is 5. The molecule has 1 fully saturated rings. The molecule has 32 heavy (non-hydrogen) atoms. The maximum Gasteiger partial charge on any atom is 0.182 e. The van der Waals surface area contributed by atoms with Gasteiger partial charge in [0.15, 0.2) is 10.9 Å². The van der Waals surface area contributed by atoms with Gasteiger partial charge in [-0.25, -0.2) is 9.97 Å². The molecule has 0 saturated carbocycles. The summed E-state index contributed by atoms with van der Waals surface area (Å²) < 4.78 is 5.45. The largest absolute Gasteiger partial charge is 0.378 e. The van der Waals surface area contributed by atoms with Gasteiger partial charge >= 0.3 is 0 Å². The lowest BCUT2D eigenvalue weighted by Gasteiger charge is -2.29. The number of anilines is 2. The number of nitrogens with zero attached hydrogens (tertiary/aromatic N) is 3. The highest BCUT2D eigenvalue weighted by atomic mass is 32.1. The summed E-state index contributed by atoms with van der Waals surface area (Å²) in [5, 5.41) is 0.504. The molecule has 2 N–H and O–H groups in total. The Morgan fingerprint density at radius 2 is 2.00 bits per heavy atom. The number of thiazole rings is 1. The zero-order chi connectivity index (χ0) is 22.1. The molecule has 0 unspecified atom stereocenters. The molecule has 162 valence electrons. The van der Waals surface area contributed by atoms with Crippen molar-refractivity contribution in [2.75, 3.05) is 36.9 Å². The maximum atomic E-state index is 13.1. The second-order valence-electron chi connectivity index (χ2n) is 8.00. The number of pyridine rings is 1. The second kappa shape index (κ2) is 8.68. The average molecular weight is 445 g/mol. The molecule has 2 aromatic heterocycles. The number of nitrogens with two attached hydrogens (primary N) is 1. The molecule has 0 spiro atoms. The zero-order valence-electron chi connectivity index (χ0n) is 17.9. The van der Waals surface area contributed by atoms with E-state index in [1.807, 2.05) is 49.5 Å². The van der Waals surface area contributed by atoms with E-state index >= 15 is 0 Å². The molecule has 1 aliphatic rings. The molecule has 0 radical (unpaired) electrons. The third kappa shape index (κ3) is 4.22. The van der Waals surface area contributed by atoms with E-state index in [2.05, 4.69) is 27.0 Å². The third-order valence-corrected chi connectivity index (χ3v) is 6.59. The molecule has 2 aromatic carbocycles. The van der Waals surface area contributed by atoms with E-state index in [4.69, 9.17) is 10.5 Å². The summed E-state index contributed by atoms with van der Waals surface area (Å²) in [5.74, 6) is 0.0947. The molecule has 6 nitrogen and oxygen atoms in total. The zero-order valence-corrected chi connectivity index (χ0v) is 18.7. The summed E-state index contributed by atoms with van der Waals surface area (Å²) in [6.07, 6.45) is 2.18. The van der Waals surface area contributed by atoms with Crippen LogP contribution in [0.5, 0.6) is 0 Å². The highest BCUT2D eigenvalue weighted by Crippen LogP contribution is 2.29. The number of aryl methyl sites for hydroxylation is 1. The Labute approximate surface area is 190 Å². The number of benzene rings is 2. The predicted molar refractivity (Wildman–Crippen MR) is 130 cm³/mol. The summed E-state index contributed by atoms with van der Waals surface area (Å²) in [6, 6.07) is 16.1. The van der Waals surface area contributed by atoms with Gasteiger partial charge in [0.05, 0.1) is 13.2 Å². The first-order valence-corrected chi connectivity index (χ1v) is 11.5. The Hall–Kier alpha value is -3.29. The topological polar surface area (TPSA) is 81.3 Å². The van der Waals surface area contributed by atoms with Crippen LogP contribution in [0.2, 0.25) is 0 Å². The summed E-state index contributed by atoms with van der Waals surface area (Å²) in [6.45, 7) is 5.27. The molecule has 4 aromatic rings. The number of Topliss-reactive ketones (excluding diaryl/α,β-unsaturated/α-hetero) is 1. The lowest BCUT2D eigenvalue weighted by atomic mass is 9.95. The van der Waals surface area contributed by atoms with E-state index in [1.165, 1.54) is 11.3 Å². The van der Waals surface area contributed by atoms with Crippen molar-refractivity contribution in [1.82, 2.24) is 9.97 Å². The Kier molecular flexibility index (Phi) is 5.59. The number of aromatic nitrogens is 2. The number of hydrogen-bond acceptors (Lipinski definition) is 7. The van der Waals surface area contributed by atoms with Gasteiger partial charge in [-0.1, -0.05) is 35.6 Å². The minimum atomic E-state index is 0.0947. The number of fused-ring (bicyclic) bond motifs is 1. The summed E-state index contributed by atoms with van der Waals surface area (Å²) >= 11 is 1.37. The van der Waals surface area contributed by atoms with Crippen LogP contribution >= 0.6 is 11.3 Å². The summed E-state index contributed by atoms with van der Waals surface area (Å²) in [7, 11) is 0. The number of carbonyl (C=O) groups is 1. The Morgan fingerprint density at radius 3 is 2.84 bits per heavy atom. The molecular weight excluding hydrogens is 420 g/mol. The number of hydrogen-bond donors (Lipinski definition) is 1. The van der Waals surface area contributed by atoms with Crippen LogP contribution in [0.15, 0.2) is 54.7 Å². The Bertz CT molecular complexity index is 1290. The molecule has 5 rings (SSSR count). The molecule has 3 heterocycles. The van der Waals surface area contributed by atoms with Gasteiger partial charge in [-0.3, -0.25) is 4.79 Å². The van der Waals surface area contributed by atoms with Crippen LogP contribution in [0.1, 0.15) is 21.5 Å². The molecule has 0 bridgehead atoms. The van der Waals surface area contributed by atoms with Crippen LogP contribution < -0.4 is 10.6 Å². The van der Waals surface area contributed by atoms with Crippen molar-refractivity contribution >= 4 is 38.3 Å². The summed E-state index contributed by atoms with van der Waals surface area (Å²) in [4.78, 5) is 25.1. The van der Waals surface area contributed by atoms with Crippen molar-refractivity contribution in [3.8, 4) is 11.1 Å². The Balaban J connectivity index is 1.39. The van der Waals surface area contributed by atoms with E-state index in [-0.39, 0.29) is 5.78 Å². The maximum absolute atomic E-state index is 13.1. The first-order valence-electron chi connectivity index (χ1n) is 10.6. The van der Waals surface area contributed by atoms with Gasteiger partial charge in [0.2, 0.25) is 0 Å². The van der Waals surface area contributed by atoms with E-state index in [1.54, 1.807) is 0 Å². The molecule has 0 amide bonds. The molecule has 0 aliphatic carbocycles. The van der Waals surface area contributed by atoms with Crippen molar-refractivity contribution in [3.05, 3.63) is 71.4 Å². The van der Waals surface area contributed by atoms with Crippen LogP contribution in [0.25, 0.3) is 21.5 Å². The molecule has 7 heteroatoms. The lowest BCUT2D eigenvalue weighted by molar-refractivity contribution is 0.0993. The van der Waals surface area contributed by atoms with Gasteiger partial charge < -0.3 is 15.4 Å². The lowest BCUT2D eigenvalue weighted by Crippen LogP contribution is -2.36. The number of nitrogen functional groups attached to an aromatic ring is 1. The van der Waals surface area contributed by atoms with Crippen LogP contribution in [-0.4, -0.2) is 42.1 Å². The van der Waals surface area contributed by atoms with E-state index in [0.29, 0.717) is 17.1 Å². The highest BCUT2D eigenvalue weighted by Gasteiger charge is 2.15. The number of morpholine rings is 1. The van der Waals surface area contributed by atoms with Crippen LogP contribution in [0.3, 0.4) is 0 Å². The van der Waals surface area contributed by atoms with Crippen molar-refractivity contribution in [1.29, 1.82) is 0 Å². The quantitative estimate of drug-likeness (QED) is 0.456. The van der Waals surface area contributed by atoms with Gasteiger partial charge in [-0.05, 0) is 47.9 Å². The van der Waals surface area contributed by atoms with Crippen LogP contribution in [-0.2, 0) is 11.2 Å². The molecule has 1 saturated heterocycles. The minimum Gasteiger partial charge on any atom is -0.378 e. The van der Waals surface area contributed by atoms with Gasteiger partial charge in [0, 0.05) is 42.5 Å². The standard InChI is InChI=1S/C25H24N4O2S/c1-16-5-6-18(13-21(16)19-14-22-24(27-15-19)32-25(26)28-22)23(30)12-17-3-2-4-20(11-17)29-7-9-31-10-8-29/h2-6,11,13-15H,7-10,12H2,1H3,(H2,26,28). The van der Waals surface area contributed by atoms with Gasteiger partial charge in [0.25, 0.3) is 0 Å². The van der Waals surface area contributed by atoms with Gasteiger partial charge in [-0.2, -0.15) is 0 Å². The smallest absolute Gasteiger partial charge is 0.182 e. The van der Waals surface area contributed by atoms with Crippen molar-refractivity contribution < 1.29 is 9.53 Å². The molecule has 0 atom stereocenters. The average Bonchev–Trinajstić information content (AvgIpc) is 3.19. The van der Waals surface area contributed by atoms with Crippen LogP contribution in [0, 0.1) is 6.92 Å². The number of carbonyl (C=O) groups excluding carboxylic acids is 1. The highest BCUT2D eigenvalue weighted by molar-refractivity contribution is 7.21. The summed E-state index contributed by atoms with van der Waals surface area (Å²) in [5.41, 5.74) is 12.5. The van der Waals surface area contributed by atoms with Crippen LogP contribution in [0.4, 0.5) is 10.8 Å². The van der Waals surface area contributed by atoms with E-state index in [0.717, 1.165) is 64.6 Å². The van der Waals surface area contributed by atoms with Crippen molar-refractivity contribution in [3.63, 3.8) is 0 Å². The third-order valence-electron chi connectivity index (χ3n) is 5.79. The van der Waals surface area contributed by atoms with Gasteiger partial charge in [0.1, 0.15) is 10.3 Å². The monoisotopic (exact) mass is 444 g/mol. The van der Waals surface area contributed by atoms with Crippen molar-refractivity contribution in [2.45, 2.75) is 13.3 Å². The first-order chi connectivity index (χ1) is 15.6. The van der Waals surface area contributed by atoms with E-state index < -0.39 is 0 Å². The van der Waals surface area contributed by atoms with Crippen molar-refractivity contribution in [2.24, 2.45) is 0 Å². The first kappa shape index (κ1) is 20.6. The molecule has 1 aliphatic heterocycles. The fourth-order valence-corrected chi connectivity index (χ4v) is 4.72. The normalized spacial score (nSPS) is 14.1. The fourth-order valence-electron chi connectivity index (χ4n) is 4.07. The minimum absolute atomic E-state index is 0.0947. The van der Waals surface area contributed by atoms with E-state index in [9.17, 15) is 4.79 Å². The van der Waals surface area contributed by atoms with Gasteiger partial charge in [-0.15, -0.1) is 0 Å².